The van der Waals surface area contributed by atoms with Gasteiger partial charge in [0.2, 0.25) is 0 Å². The summed E-state index contributed by atoms with van der Waals surface area (Å²) in [6.07, 6.45) is 1.99. The highest BCUT2D eigenvalue weighted by Crippen LogP contribution is 2.47. The molecule has 2 unspecified atom stereocenters. The molecule has 104 valence electrons. The molecule has 0 aromatic carbocycles. The maximum absolute atomic E-state index is 6.01. The third-order valence-corrected chi connectivity index (χ3v) is 4.18. The molecule has 2 N–H and O–H groups in total. The maximum atomic E-state index is 6.01. The van der Waals surface area contributed by atoms with E-state index in [0.717, 1.165) is 29.4 Å². The van der Waals surface area contributed by atoms with E-state index in [2.05, 4.69) is 16.9 Å². The van der Waals surface area contributed by atoms with Crippen molar-refractivity contribution in [2.75, 3.05) is 12.3 Å². The third kappa shape index (κ3) is 1.89. The third-order valence-electron chi connectivity index (χ3n) is 4.18. The van der Waals surface area contributed by atoms with Crippen LogP contribution in [0.5, 0.6) is 0 Å². The molecule has 20 heavy (non-hydrogen) atoms. The molecule has 4 rings (SSSR count). The summed E-state index contributed by atoms with van der Waals surface area (Å²) in [6, 6.07) is 3.98. The summed E-state index contributed by atoms with van der Waals surface area (Å²) in [5.41, 5.74) is 7.91. The molecule has 1 aliphatic heterocycles. The summed E-state index contributed by atoms with van der Waals surface area (Å²) in [5, 5.41) is 0. The minimum absolute atomic E-state index is 0.502. The Labute approximate surface area is 117 Å². The first-order valence-corrected chi connectivity index (χ1v) is 7.05. The lowest BCUT2D eigenvalue weighted by atomic mass is 10.1. The molecular weight excluding hydrogens is 254 g/mol. The van der Waals surface area contributed by atoms with E-state index in [-0.39, 0.29) is 0 Å². The minimum Gasteiger partial charge on any atom is -0.457 e. The van der Waals surface area contributed by atoms with Crippen molar-refractivity contribution < 1.29 is 9.15 Å². The SMILES string of the molecule is CC1CC1c1ccc(-c2nc(N)c3c(n2)CCOC3)o1. The molecule has 0 radical (unpaired) electrons. The molecule has 5 nitrogen and oxygen atoms in total. The van der Waals surface area contributed by atoms with Gasteiger partial charge in [0, 0.05) is 17.9 Å². The molecule has 5 heteroatoms. The van der Waals surface area contributed by atoms with Gasteiger partial charge in [-0.1, -0.05) is 6.92 Å². The second-order valence-electron chi connectivity index (χ2n) is 5.68. The van der Waals surface area contributed by atoms with Crippen LogP contribution in [0.1, 0.15) is 36.3 Å². The van der Waals surface area contributed by atoms with Gasteiger partial charge in [-0.3, -0.25) is 0 Å². The number of hydrogen-bond donors (Lipinski definition) is 1. The van der Waals surface area contributed by atoms with Crippen LogP contribution in [0.3, 0.4) is 0 Å². The number of hydrogen-bond acceptors (Lipinski definition) is 5. The van der Waals surface area contributed by atoms with Crippen LogP contribution in [-0.2, 0) is 17.8 Å². The number of nitrogen functional groups attached to an aromatic ring is 1. The van der Waals surface area contributed by atoms with Crippen LogP contribution < -0.4 is 5.73 Å². The van der Waals surface area contributed by atoms with Crippen molar-refractivity contribution in [1.82, 2.24) is 9.97 Å². The van der Waals surface area contributed by atoms with E-state index in [1.54, 1.807) is 0 Å². The predicted molar refractivity (Wildman–Crippen MR) is 74.0 cm³/mol. The smallest absolute Gasteiger partial charge is 0.197 e. The Morgan fingerprint density at radius 2 is 2.15 bits per heavy atom. The number of anilines is 1. The monoisotopic (exact) mass is 271 g/mol. The summed E-state index contributed by atoms with van der Waals surface area (Å²) >= 11 is 0. The fourth-order valence-corrected chi connectivity index (χ4v) is 2.76. The number of nitrogens with zero attached hydrogens (tertiary/aromatic N) is 2. The molecule has 1 fully saturated rings. The van der Waals surface area contributed by atoms with Gasteiger partial charge in [0.1, 0.15) is 11.6 Å². The van der Waals surface area contributed by atoms with Crippen molar-refractivity contribution in [2.24, 2.45) is 5.92 Å². The average molecular weight is 271 g/mol. The van der Waals surface area contributed by atoms with Crippen LogP contribution in [-0.4, -0.2) is 16.6 Å². The van der Waals surface area contributed by atoms with E-state index in [9.17, 15) is 0 Å². The van der Waals surface area contributed by atoms with Crippen molar-refractivity contribution in [3.8, 4) is 11.6 Å². The van der Waals surface area contributed by atoms with Crippen molar-refractivity contribution in [1.29, 1.82) is 0 Å². The Balaban J connectivity index is 1.71. The number of nitrogens with two attached hydrogens (primary N) is 1. The van der Waals surface area contributed by atoms with E-state index in [1.165, 1.54) is 6.42 Å². The van der Waals surface area contributed by atoms with Crippen molar-refractivity contribution >= 4 is 5.82 Å². The molecule has 0 saturated heterocycles. The van der Waals surface area contributed by atoms with E-state index in [4.69, 9.17) is 14.9 Å². The standard InChI is InChI=1S/C15H17N3O2/c1-8-6-9(8)12-2-3-13(20-12)15-17-11-4-5-19-7-10(11)14(16)18-15/h2-3,8-9H,4-7H2,1H3,(H2,16,17,18). The van der Waals surface area contributed by atoms with Crippen molar-refractivity contribution in [3.05, 3.63) is 29.2 Å². The maximum Gasteiger partial charge on any atom is 0.197 e. The van der Waals surface area contributed by atoms with Gasteiger partial charge in [0.05, 0.1) is 18.9 Å². The van der Waals surface area contributed by atoms with Crippen LogP contribution in [0.4, 0.5) is 5.82 Å². The molecule has 2 atom stereocenters. The largest absolute Gasteiger partial charge is 0.457 e. The molecule has 1 aliphatic carbocycles. The van der Waals surface area contributed by atoms with Crippen LogP contribution in [0.15, 0.2) is 16.5 Å². The Kier molecular flexibility index (Phi) is 2.57. The number of furan rings is 1. The van der Waals surface area contributed by atoms with Gasteiger partial charge in [-0.05, 0) is 24.5 Å². The topological polar surface area (TPSA) is 74.2 Å². The van der Waals surface area contributed by atoms with Crippen LogP contribution in [0.2, 0.25) is 0 Å². The van der Waals surface area contributed by atoms with E-state index >= 15 is 0 Å². The first-order chi connectivity index (χ1) is 9.72. The van der Waals surface area contributed by atoms with E-state index in [1.807, 2.05) is 12.1 Å². The van der Waals surface area contributed by atoms with Gasteiger partial charge < -0.3 is 14.9 Å². The average Bonchev–Trinajstić information content (AvgIpc) is 3.00. The fraction of sp³-hybridized carbons (Fsp3) is 0.467. The lowest BCUT2D eigenvalue weighted by Crippen LogP contribution is -2.16. The Morgan fingerprint density at radius 3 is 2.95 bits per heavy atom. The second-order valence-corrected chi connectivity index (χ2v) is 5.68. The highest BCUT2D eigenvalue weighted by molar-refractivity contribution is 5.54. The quantitative estimate of drug-likeness (QED) is 0.908. The predicted octanol–water partition coefficient (Wildman–Crippen LogP) is 2.51. The highest BCUT2D eigenvalue weighted by Gasteiger charge is 2.36. The molecule has 0 bridgehead atoms. The zero-order chi connectivity index (χ0) is 13.7. The zero-order valence-electron chi connectivity index (χ0n) is 11.4. The van der Waals surface area contributed by atoms with Gasteiger partial charge >= 0.3 is 0 Å². The highest BCUT2D eigenvalue weighted by atomic mass is 16.5. The summed E-state index contributed by atoms with van der Waals surface area (Å²) in [5.74, 6) is 4.12. The Morgan fingerprint density at radius 1 is 1.30 bits per heavy atom. The van der Waals surface area contributed by atoms with Gasteiger partial charge in [-0.25, -0.2) is 9.97 Å². The molecule has 2 aliphatic rings. The van der Waals surface area contributed by atoms with Gasteiger partial charge in [0.25, 0.3) is 0 Å². The molecule has 0 spiro atoms. The van der Waals surface area contributed by atoms with E-state index in [0.29, 0.717) is 36.5 Å². The zero-order valence-corrected chi connectivity index (χ0v) is 11.4. The summed E-state index contributed by atoms with van der Waals surface area (Å²) in [4.78, 5) is 8.95. The molecule has 0 amide bonds. The van der Waals surface area contributed by atoms with Gasteiger partial charge in [-0.2, -0.15) is 0 Å². The Hall–Kier alpha value is -1.88. The summed E-state index contributed by atoms with van der Waals surface area (Å²) in [6.45, 7) is 3.43. The molecular formula is C15H17N3O2. The molecule has 3 heterocycles. The number of rotatable bonds is 2. The molecule has 2 aromatic heterocycles. The van der Waals surface area contributed by atoms with Crippen LogP contribution >= 0.6 is 0 Å². The van der Waals surface area contributed by atoms with Gasteiger partial charge in [0.15, 0.2) is 11.6 Å². The van der Waals surface area contributed by atoms with Crippen LogP contribution in [0.25, 0.3) is 11.6 Å². The number of fused-ring (bicyclic) bond motifs is 1. The lowest BCUT2D eigenvalue weighted by molar-refractivity contribution is 0.109. The van der Waals surface area contributed by atoms with Crippen LogP contribution in [0, 0.1) is 5.92 Å². The molecule has 2 aromatic rings. The second kappa shape index (κ2) is 4.31. The number of aromatic nitrogens is 2. The first kappa shape index (κ1) is 11.9. The van der Waals surface area contributed by atoms with E-state index < -0.39 is 0 Å². The Bertz CT molecular complexity index is 665. The van der Waals surface area contributed by atoms with Crippen molar-refractivity contribution in [3.63, 3.8) is 0 Å². The number of ether oxygens (including phenoxy) is 1. The normalized spacial score (nSPS) is 24.4. The fourth-order valence-electron chi connectivity index (χ4n) is 2.76. The lowest BCUT2D eigenvalue weighted by Gasteiger charge is -2.17. The van der Waals surface area contributed by atoms with Gasteiger partial charge in [-0.15, -0.1) is 0 Å². The molecule has 1 saturated carbocycles. The summed E-state index contributed by atoms with van der Waals surface area (Å²) in [7, 11) is 0. The summed E-state index contributed by atoms with van der Waals surface area (Å²) < 4.78 is 11.3. The minimum atomic E-state index is 0.502. The first-order valence-electron chi connectivity index (χ1n) is 7.05. The van der Waals surface area contributed by atoms with Crippen molar-refractivity contribution in [2.45, 2.75) is 32.3 Å².